The smallest absolute Gasteiger partial charge is 0.232 e. The summed E-state index contributed by atoms with van der Waals surface area (Å²) in [6.07, 6.45) is -0.174. The van der Waals surface area contributed by atoms with E-state index in [1.807, 2.05) is 6.92 Å². The lowest BCUT2D eigenvalue weighted by molar-refractivity contribution is -0.136. The van der Waals surface area contributed by atoms with Crippen LogP contribution in [0.15, 0.2) is 0 Å². The summed E-state index contributed by atoms with van der Waals surface area (Å²) >= 11 is 0. The number of hydrogen-bond acceptors (Lipinski definition) is 3. The van der Waals surface area contributed by atoms with Gasteiger partial charge in [-0.15, -0.1) is 0 Å². The zero-order valence-corrected chi connectivity index (χ0v) is 7.75. The zero-order chi connectivity index (χ0) is 9.84. The molecule has 1 aliphatic heterocycles. The maximum atomic E-state index is 11.4. The van der Waals surface area contributed by atoms with Crippen molar-refractivity contribution < 1.29 is 9.59 Å². The number of carbonyl (C=O) groups is 2. The summed E-state index contributed by atoms with van der Waals surface area (Å²) in [5, 5.41) is 3.21. The SMILES string of the molecule is CC1CN(C(=O)CC(N)=O)CCN1. The summed E-state index contributed by atoms with van der Waals surface area (Å²) in [5.41, 5.74) is 4.93. The zero-order valence-electron chi connectivity index (χ0n) is 7.75. The molecule has 0 radical (unpaired) electrons. The van der Waals surface area contributed by atoms with E-state index in [0.717, 1.165) is 6.54 Å². The third-order valence-electron chi connectivity index (χ3n) is 2.05. The van der Waals surface area contributed by atoms with Gasteiger partial charge in [0.05, 0.1) is 0 Å². The second-order valence-electron chi connectivity index (χ2n) is 3.34. The third-order valence-corrected chi connectivity index (χ3v) is 2.05. The minimum Gasteiger partial charge on any atom is -0.369 e. The summed E-state index contributed by atoms with van der Waals surface area (Å²) in [6.45, 7) is 4.11. The van der Waals surface area contributed by atoms with Crippen LogP contribution >= 0.6 is 0 Å². The summed E-state index contributed by atoms with van der Waals surface area (Å²) in [6, 6.07) is 0.297. The Balaban J connectivity index is 2.41. The Bertz CT molecular complexity index is 217. The molecule has 1 aliphatic rings. The molecule has 1 atom stereocenters. The molecule has 0 spiro atoms. The largest absolute Gasteiger partial charge is 0.369 e. The minimum absolute atomic E-state index is 0.166. The average molecular weight is 185 g/mol. The van der Waals surface area contributed by atoms with Crippen LogP contribution in [-0.2, 0) is 9.59 Å². The van der Waals surface area contributed by atoms with Crippen molar-refractivity contribution in [1.29, 1.82) is 0 Å². The van der Waals surface area contributed by atoms with Gasteiger partial charge in [-0.25, -0.2) is 0 Å². The Morgan fingerprint density at radius 1 is 1.62 bits per heavy atom. The van der Waals surface area contributed by atoms with E-state index in [1.165, 1.54) is 0 Å². The van der Waals surface area contributed by atoms with Crippen LogP contribution in [0.4, 0.5) is 0 Å². The van der Waals surface area contributed by atoms with Crippen LogP contribution in [0, 0.1) is 0 Å². The van der Waals surface area contributed by atoms with Crippen LogP contribution < -0.4 is 11.1 Å². The molecule has 3 N–H and O–H groups in total. The number of nitrogens with zero attached hydrogens (tertiary/aromatic N) is 1. The van der Waals surface area contributed by atoms with E-state index < -0.39 is 5.91 Å². The van der Waals surface area contributed by atoms with Gasteiger partial charge in [0.2, 0.25) is 11.8 Å². The van der Waals surface area contributed by atoms with Crippen molar-refractivity contribution in [2.24, 2.45) is 5.73 Å². The first-order chi connectivity index (χ1) is 6.09. The van der Waals surface area contributed by atoms with Crippen LogP contribution in [0.25, 0.3) is 0 Å². The Morgan fingerprint density at radius 3 is 2.85 bits per heavy atom. The molecule has 0 aromatic heterocycles. The molecule has 2 amide bonds. The summed E-state index contributed by atoms with van der Waals surface area (Å²) < 4.78 is 0. The predicted octanol–water partition coefficient (Wildman–Crippen LogP) is -1.32. The van der Waals surface area contributed by atoms with E-state index in [4.69, 9.17) is 5.73 Å². The average Bonchev–Trinajstić information content (AvgIpc) is 2.03. The van der Waals surface area contributed by atoms with Gasteiger partial charge in [0, 0.05) is 25.7 Å². The van der Waals surface area contributed by atoms with Gasteiger partial charge in [-0.3, -0.25) is 9.59 Å². The van der Waals surface area contributed by atoms with E-state index in [-0.39, 0.29) is 12.3 Å². The highest BCUT2D eigenvalue weighted by Crippen LogP contribution is 2.00. The lowest BCUT2D eigenvalue weighted by Gasteiger charge is -2.31. The molecule has 5 heteroatoms. The number of primary amides is 1. The third kappa shape index (κ3) is 3.02. The Morgan fingerprint density at radius 2 is 2.31 bits per heavy atom. The van der Waals surface area contributed by atoms with Gasteiger partial charge in [0.1, 0.15) is 6.42 Å². The van der Waals surface area contributed by atoms with Gasteiger partial charge in [0.25, 0.3) is 0 Å². The topological polar surface area (TPSA) is 75.4 Å². The van der Waals surface area contributed by atoms with Crippen LogP contribution in [0.2, 0.25) is 0 Å². The van der Waals surface area contributed by atoms with Gasteiger partial charge in [-0.2, -0.15) is 0 Å². The molecule has 74 valence electrons. The highest BCUT2D eigenvalue weighted by atomic mass is 16.2. The van der Waals surface area contributed by atoms with Gasteiger partial charge >= 0.3 is 0 Å². The first kappa shape index (κ1) is 9.98. The fourth-order valence-electron chi connectivity index (χ4n) is 1.42. The quantitative estimate of drug-likeness (QED) is 0.524. The summed E-state index contributed by atoms with van der Waals surface area (Å²) in [4.78, 5) is 23.5. The second kappa shape index (κ2) is 4.23. The molecule has 0 aromatic carbocycles. The highest BCUT2D eigenvalue weighted by Gasteiger charge is 2.21. The van der Waals surface area contributed by atoms with Gasteiger partial charge in [0.15, 0.2) is 0 Å². The minimum atomic E-state index is -0.559. The molecule has 1 fully saturated rings. The van der Waals surface area contributed by atoms with Crippen LogP contribution in [0.1, 0.15) is 13.3 Å². The maximum absolute atomic E-state index is 11.4. The lowest BCUT2D eigenvalue weighted by atomic mass is 10.2. The van der Waals surface area contributed by atoms with Gasteiger partial charge in [-0.05, 0) is 6.92 Å². The number of carbonyl (C=O) groups excluding carboxylic acids is 2. The molecular formula is C8H15N3O2. The number of amides is 2. The first-order valence-corrected chi connectivity index (χ1v) is 4.39. The predicted molar refractivity (Wildman–Crippen MR) is 47.9 cm³/mol. The van der Waals surface area contributed by atoms with Crippen LogP contribution in [0.3, 0.4) is 0 Å². The molecule has 0 saturated carbocycles. The number of nitrogens with one attached hydrogen (secondary N) is 1. The van der Waals surface area contributed by atoms with Crippen molar-refractivity contribution in [2.75, 3.05) is 19.6 Å². The van der Waals surface area contributed by atoms with E-state index in [2.05, 4.69) is 5.32 Å². The normalized spacial score (nSPS) is 22.8. The summed E-state index contributed by atoms with van der Waals surface area (Å²) in [5.74, 6) is -0.725. The molecular weight excluding hydrogens is 170 g/mol. The molecule has 1 heterocycles. The molecule has 5 nitrogen and oxygen atoms in total. The molecule has 0 aromatic rings. The van der Waals surface area contributed by atoms with Crippen molar-refractivity contribution >= 4 is 11.8 Å². The molecule has 0 bridgehead atoms. The fraction of sp³-hybridized carbons (Fsp3) is 0.750. The van der Waals surface area contributed by atoms with Crippen molar-refractivity contribution in [3.63, 3.8) is 0 Å². The molecule has 13 heavy (non-hydrogen) atoms. The Hall–Kier alpha value is -1.10. The number of nitrogens with two attached hydrogens (primary N) is 1. The standard InChI is InChI=1S/C8H15N3O2/c1-6-5-11(3-2-10-6)8(13)4-7(9)12/h6,10H,2-5H2,1H3,(H2,9,12). The van der Waals surface area contributed by atoms with Crippen molar-refractivity contribution in [3.8, 4) is 0 Å². The first-order valence-electron chi connectivity index (χ1n) is 4.39. The number of rotatable bonds is 2. The monoisotopic (exact) mass is 185 g/mol. The molecule has 1 saturated heterocycles. The van der Waals surface area contributed by atoms with Crippen LogP contribution in [-0.4, -0.2) is 42.4 Å². The van der Waals surface area contributed by atoms with Gasteiger partial charge in [-0.1, -0.05) is 0 Å². The molecule has 0 aliphatic carbocycles. The number of piperazine rings is 1. The molecule has 1 rings (SSSR count). The Kier molecular flexibility index (Phi) is 3.25. The van der Waals surface area contributed by atoms with E-state index >= 15 is 0 Å². The lowest BCUT2D eigenvalue weighted by Crippen LogP contribution is -2.51. The van der Waals surface area contributed by atoms with E-state index in [9.17, 15) is 9.59 Å². The van der Waals surface area contributed by atoms with E-state index in [0.29, 0.717) is 19.1 Å². The van der Waals surface area contributed by atoms with Crippen molar-refractivity contribution in [1.82, 2.24) is 10.2 Å². The van der Waals surface area contributed by atoms with Crippen molar-refractivity contribution in [3.05, 3.63) is 0 Å². The van der Waals surface area contributed by atoms with Crippen molar-refractivity contribution in [2.45, 2.75) is 19.4 Å². The summed E-state index contributed by atoms with van der Waals surface area (Å²) in [7, 11) is 0. The fourth-order valence-corrected chi connectivity index (χ4v) is 1.42. The van der Waals surface area contributed by atoms with E-state index in [1.54, 1.807) is 4.90 Å². The second-order valence-corrected chi connectivity index (χ2v) is 3.34. The van der Waals surface area contributed by atoms with Crippen LogP contribution in [0.5, 0.6) is 0 Å². The highest BCUT2D eigenvalue weighted by molar-refractivity contribution is 5.96. The molecule has 1 unspecified atom stereocenters. The Labute approximate surface area is 77.3 Å². The maximum Gasteiger partial charge on any atom is 0.232 e. The van der Waals surface area contributed by atoms with Gasteiger partial charge < -0.3 is 16.0 Å². The number of hydrogen-bond donors (Lipinski definition) is 2.